The highest BCUT2D eigenvalue weighted by molar-refractivity contribution is 7.86. The Morgan fingerprint density at radius 2 is 1.50 bits per heavy atom. The number of ketones is 1. The van der Waals surface area contributed by atoms with Crippen LogP contribution in [0.25, 0.3) is 0 Å². The van der Waals surface area contributed by atoms with Gasteiger partial charge in [-0.25, -0.2) is 0 Å². The summed E-state index contributed by atoms with van der Waals surface area (Å²) in [6.07, 6.45) is 2.80. The number of benzene rings is 2. The number of hydrogen-bond donors (Lipinski definition) is 0. The van der Waals surface area contributed by atoms with Crippen LogP contribution in [0.4, 0.5) is 0 Å². The van der Waals surface area contributed by atoms with E-state index in [2.05, 4.69) is 0 Å². The molecule has 1 saturated carbocycles. The molecule has 2 unspecified atom stereocenters. The highest BCUT2D eigenvalue weighted by Gasteiger charge is 2.43. The molecule has 9 heteroatoms. The summed E-state index contributed by atoms with van der Waals surface area (Å²) in [7, 11) is -0.753. The lowest BCUT2D eigenvalue weighted by atomic mass is 9.79. The van der Waals surface area contributed by atoms with E-state index in [-0.39, 0.29) is 37.4 Å². The Kier molecular flexibility index (Phi) is 8.66. The van der Waals surface area contributed by atoms with Crippen molar-refractivity contribution in [2.75, 3.05) is 27.4 Å². The van der Waals surface area contributed by atoms with Crippen molar-refractivity contribution < 1.29 is 27.4 Å². The second-order valence-electron chi connectivity index (χ2n) is 9.53. The Hall–Kier alpha value is -2.46. The van der Waals surface area contributed by atoms with Gasteiger partial charge in [0.2, 0.25) is 0 Å². The molecule has 1 saturated heterocycles. The van der Waals surface area contributed by atoms with Crippen LogP contribution in [0.5, 0.6) is 11.5 Å². The molecule has 0 radical (unpaired) electrons. The Morgan fingerprint density at radius 1 is 0.944 bits per heavy atom. The smallest absolute Gasteiger partial charge is 0.282 e. The summed E-state index contributed by atoms with van der Waals surface area (Å²) in [6.45, 7) is 3.11. The zero-order chi connectivity index (χ0) is 25.7. The maximum absolute atomic E-state index is 14.3. The molecular weight excluding hydrogens is 480 g/mol. The van der Waals surface area contributed by atoms with Crippen molar-refractivity contribution in [1.82, 2.24) is 8.61 Å². The summed E-state index contributed by atoms with van der Waals surface area (Å²) in [5.41, 5.74) is 1.69. The molecule has 2 aliphatic rings. The molecule has 196 valence electrons. The second kappa shape index (κ2) is 11.7. The topological polar surface area (TPSA) is 85.4 Å². The van der Waals surface area contributed by atoms with Gasteiger partial charge in [0.15, 0.2) is 0 Å². The monoisotopic (exact) mass is 516 g/mol. The van der Waals surface area contributed by atoms with Crippen molar-refractivity contribution in [2.45, 2.75) is 57.8 Å². The van der Waals surface area contributed by atoms with E-state index in [1.165, 1.54) is 8.61 Å². The molecule has 2 fully saturated rings. The number of carbonyl (C=O) groups is 1. The van der Waals surface area contributed by atoms with E-state index in [1.807, 2.05) is 55.5 Å². The van der Waals surface area contributed by atoms with E-state index < -0.39 is 16.3 Å². The van der Waals surface area contributed by atoms with Crippen LogP contribution < -0.4 is 9.47 Å². The van der Waals surface area contributed by atoms with E-state index in [1.54, 1.807) is 14.2 Å². The molecule has 0 amide bonds. The van der Waals surface area contributed by atoms with Gasteiger partial charge in [-0.2, -0.15) is 17.0 Å². The summed E-state index contributed by atoms with van der Waals surface area (Å²) >= 11 is 0. The van der Waals surface area contributed by atoms with E-state index >= 15 is 0 Å². The number of hydrogen-bond acceptors (Lipinski definition) is 6. The van der Waals surface area contributed by atoms with Gasteiger partial charge < -0.3 is 14.2 Å². The van der Waals surface area contributed by atoms with Crippen molar-refractivity contribution in [3.8, 4) is 11.5 Å². The fourth-order valence-electron chi connectivity index (χ4n) is 4.84. The Morgan fingerprint density at radius 3 is 1.89 bits per heavy atom. The van der Waals surface area contributed by atoms with E-state index in [4.69, 9.17) is 14.2 Å². The third-order valence-corrected chi connectivity index (χ3v) is 9.20. The minimum absolute atomic E-state index is 0.131. The average molecular weight is 517 g/mol. The molecule has 0 aromatic heterocycles. The standard InChI is InChI=1S/C27H36N2O6S/c1-20(26-14-15-27(26)30)29(19-25-5-4-16-35-25)36(31,32)28(17-21-6-10-23(33-2)11-7-21)18-22-8-12-24(34-3)13-9-22/h6-13,20,25-26H,4-5,14-19H2,1-3H3/t20-,25?,26?/m0/s1. The summed E-state index contributed by atoms with van der Waals surface area (Å²) in [6, 6.07) is 14.4. The maximum Gasteiger partial charge on any atom is 0.282 e. The molecule has 2 aromatic carbocycles. The molecule has 1 aliphatic heterocycles. The number of Topliss-reactive ketones (excluding diaryl/α,β-unsaturated/α-hetero) is 1. The third kappa shape index (κ3) is 6.08. The van der Waals surface area contributed by atoms with Crippen LogP contribution in [-0.4, -0.2) is 62.3 Å². The number of methoxy groups -OCH3 is 2. The van der Waals surface area contributed by atoms with E-state index in [0.717, 1.165) is 24.0 Å². The van der Waals surface area contributed by atoms with Crippen molar-refractivity contribution in [3.05, 3.63) is 59.7 Å². The van der Waals surface area contributed by atoms with Crippen LogP contribution in [0, 0.1) is 5.92 Å². The first-order valence-corrected chi connectivity index (χ1v) is 13.9. The molecule has 4 rings (SSSR count). The predicted octanol–water partition coefficient (Wildman–Crippen LogP) is 3.80. The molecule has 3 atom stereocenters. The van der Waals surface area contributed by atoms with Crippen LogP contribution >= 0.6 is 0 Å². The number of nitrogens with zero attached hydrogens (tertiary/aromatic N) is 2. The third-order valence-electron chi connectivity index (χ3n) is 7.22. The Bertz CT molecular complexity index is 1060. The molecule has 1 heterocycles. The largest absolute Gasteiger partial charge is 0.497 e. The van der Waals surface area contributed by atoms with Crippen molar-refractivity contribution >= 4 is 16.0 Å². The van der Waals surface area contributed by atoms with Gasteiger partial charge in [0, 0.05) is 44.6 Å². The van der Waals surface area contributed by atoms with Gasteiger partial charge in [0.25, 0.3) is 10.2 Å². The number of rotatable bonds is 12. The fraction of sp³-hybridized carbons (Fsp3) is 0.519. The first-order valence-electron chi connectivity index (χ1n) is 12.5. The predicted molar refractivity (Wildman–Crippen MR) is 137 cm³/mol. The molecule has 0 bridgehead atoms. The van der Waals surface area contributed by atoms with Gasteiger partial charge in [-0.15, -0.1) is 0 Å². The normalized spacial score (nSPS) is 21.0. The molecule has 1 aliphatic carbocycles. The first kappa shape index (κ1) is 26.6. The van der Waals surface area contributed by atoms with Crippen LogP contribution in [0.3, 0.4) is 0 Å². The number of carbonyl (C=O) groups excluding carboxylic acids is 1. The minimum Gasteiger partial charge on any atom is -0.497 e. The molecule has 0 spiro atoms. The molecule has 0 N–H and O–H groups in total. The highest BCUT2D eigenvalue weighted by atomic mass is 32.2. The van der Waals surface area contributed by atoms with Gasteiger partial charge in [0.05, 0.1) is 20.3 Å². The molecule has 2 aromatic rings. The fourth-order valence-corrected chi connectivity index (χ4v) is 6.68. The quantitative estimate of drug-likeness (QED) is 0.427. The summed E-state index contributed by atoms with van der Waals surface area (Å²) in [5.74, 6) is 1.28. The van der Waals surface area contributed by atoms with Crippen molar-refractivity contribution in [2.24, 2.45) is 5.92 Å². The zero-order valence-electron chi connectivity index (χ0n) is 21.3. The van der Waals surface area contributed by atoms with Gasteiger partial charge in [-0.05, 0) is 61.6 Å². The zero-order valence-corrected chi connectivity index (χ0v) is 22.1. The summed E-state index contributed by atoms with van der Waals surface area (Å²) < 4.78 is 47.9. The maximum atomic E-state index is 14.3. The number of ether oxygens (including phenoxy) is 3. The van der Waals surface area contributed by atoms with Crippen molar-refractivity contribution in [3.63, 3.8) is 0 Å². The second-order valence-corrected chi connectivity index (χ2v) is 11.4. The lowest BCUT2D eigenvalue weighted by molar-refractivity contribution is -0.131. The van der Waals surface area contributed by atoms with E-state index in [9.17, 15) is 13.2 Å². The van der Waals surface area contributed by atoms with Crippen LogP contribution in [0.15, 0.2) is 48.5 Å². The Balaban J connectivity index is 1.66. The van der Waals surface area contributed by atoms with Crippen molar-refractivity contribution in [1.29, 1.82) is 0 Å². The van der Waals surface area contributed by atoms with Gasteiger partial charge in [0.1, 0.15) is 17.3 Å². The van der Waals surface area contributed by atoms with Gasteiger partial charge in [-0.3, -0.25) is 4.79 Å². The molecule has 36 heavy (non-hydrogen) atoms. The summed E-state index contributed by atoms with van der Waals surface area (Å²) in [5, 5.41) is 0. The summed E-state index contributed by atoms with van der Waals surface area (Å²) in [4.78, 5) is 12.3. The first-order chi connectivity index (χ1) is 17.3. The molecule has 8 nitrogen and oxygen atoms in total. The SMILES string of the molecule is COc1ccc(CN(Cc2ccc(OC)cc2)S(=O)(=O)N(CC2CCCO2)[C@@H](C)C2CCC2=O)cc1. The minimum atomic E-state index is -3.95. The van der Waals surface area contributed by atoms with Gasteiger partial charge in [-0.1, -0.05) is 24.3 Å². The highest BCUT2D eigenvalue weighted by Crippen LogP contribution is 2.33. The van der Waals surface area contributed by atoms with Crippen LogP contribution in [-0.2, 0) is 32.8 Å². The van der Waals surface area contributed by atoms with Gasteiger partial charge >= 0.3 is 0 Å². The van der Waals surface area contributed by atoms with Crippen LogP contribution in [0.1, 0.15) is 43.7 Å². The lowest BCUT2D eigenvalue weighted by Gasteiger charge is -2.40. The average Bonchev–Trinajstić information content (AvgIpc) is 3.40. The van der Waals surface area contributed by atoms with Crippen LogP contribution in [0.2, 0.25) is 0 Å². The Labute approximate surface area is 214 Å². The lowest BCUT2D eigenvalue weighted by Crippen LogP contribution is -2.54. The molecular formula is C27H36N2O6S. The van der Waals surface area contributed by atoms with E-state index in [0.29, 0.717) is 30.9 Å².